The van der Waals surface area contributed by atoms with E-state index >= 15 is 0 Å². The fraction of sp³-hybridized carbons (Fsp3) is 0.167. The van der Waals surface area contributed by atoms with Crippen molar-refractivity contribution in [2.45, 2.75) is 6.92 Å². The van der Waals surface area contributed by atoms with E-state index < -0.39 is 0 Å². The van der Waals surface area contributed by atoms with E-state index in [0.717, 1.165) is 0 Å². The first-order valence-corrected chi connectivity index (χ1v) is 3.39. The van der Waals surface area contributed by atoms with Gasteiger partial charge in [0, 0.05) is 11.6 Å². The number of hydrogen-bond acceptors (Lipinski definition) is 0. The third kappa shape index (κ3) is 1.43. The Hall–Kier alpha value is -0.120. The van der Waals surface area contributed by atoms with E-state index in [4.69, 9.17) is 0 Å². The maximum atomic E-state index is 2.22. The van der Waals surface area contributed by atoms with Crippen molar-refractivity contribution in [1.29, 1.82) is 0 Å². The van der Waals surface area contributed by atoms with Gasteiger partial charge < -0.3 is 0 Å². The van der Waals surface area contributed by atoms with Crippen LogP contribution in [0.2, 0.25) is 0 Å². The second-order valence-electron chi connectivity index (χ2n) is 1.73. The molecule has 0 aliphatic rings. The largest absolute Gasteiger partial charge is 0.353 e. The van der Waals surface area contributed by atoms with E-state index in [1.165, 1.54) is 5.56 Å². The normalized spacial score (nSPS) is 9.25. The highest BCUT2D eigenvalue weighted by Gasteiger charge is 1.90. The molecule has 2 heteroatoms. The highest BCUT2D eigenvalue weighted by atomic mass is 127. The average molecular weight is 220 g/mol. The van der Waals surface area contributed by atoms with Gasteiger partial charge in [-0.1, -0.05) is 0 Å². The summed E-state index contributed by atoms with van der Waals surface area (Å²) in [5, 5.41) is 0. The van der Waals surface area contributed by atoms with Crippen molar-refractivity contribution in [2.24, 2.45) is 0 Å². The summed E-state index contributed by atoms with van der Waals surface area (Å²) in [6.07, 6.45) is 4.08. The summed E-state index contributed by atoms with van der Waals surface area (Å²) in [4.78, 5) is 0. The van der Waals surface area contributed by atoms with Crippen LogP contribution in [0.3, 0.4) is 0 Å². The van der Waals surface area contributed by atoms with Crippen molar-refractivity contribution in [2.75, 3.05) is 0 Å². The van der Waals surface area contributed by atoms with Gasteiger partial charge in [-0.2, -0.15) is 0 Å². The van der Waals surface area contributed by atoms with Crippen molar-refractivity contribution in [3.05, 3.63) is 30.1 Å². The van der Waals surface area contributed by atoms with Crippen LogP contribution in [0.25, 0.3) is 0 Å². The molecule has 1 nitrogen and oxygen atoms in total. The molecule has 8 heavy (non-hydrogen) atoms. The fourth-order valence-electron chi connectivity index (χ4n) is 0.558. The van der Waals surface area contributed by atoms with E-state index in [-0.39, 0.29) is 0 Å². The van der Waals surface area contributed by atoms with E-state index in [2.05, 4.69) is 42.1 Å². The quantitative estimate of drug-likeness (QED) is 0.583. The number of aryl methyl sites for hydroxylation is 1. The van der Waals surface area contributed by atoms with Gasteiger partial charge in [0.25, 0.3) is 0 Å². The van der Waals surface area contributed by atoms with Gasteiger partial charge in [0.15, 0.2) is 12.4 Å². The predicted molar refractivity (Wildman–Crippen MR) is 40.8 cm³/mol. The Morgan fingerprint density at radius 1 is 1.62 bits per heavy atom. The molecule has 1 heterocycles. The Kier molecular flexibility index (Phi) is 1.83. The fourth-order valence-corrected chi connectivity index (χ4v) is 1.18. The van der Waals surface area contributed by atoms with Crippen LogP contribution in [0.1, 0.15) is 5.56 Å². The Bertz CT molecular complexity index is 168. The number of hydrogen-bond donors (Lipinski definition) is 0. The zero-order chi connectivity index (χ0) is 5.98. The second-order valence-corrected chi connectivity index (χ2v) is 2.84. The number of pyridine rings is 1. The van der Waals surface area contributed by atoms with Crippen LogP contribution in [0.15, 0.2) is 24.5 Å². The molecule has 0 radical (unpaired) electrons. The van der Waals surface area contributed by atoms with Crippen LogP contribution in [-0.4, -0.2) is 0 Å². The minimum Gasteiger partial charge on any atom is -0.143 e. The third-order valence-electron chi connectivity index (χ3n) is 0.915. The van der Waals surface area contributed by atoms with Crippen molar-refractivity contribution < 1.29 is 2.78 Å². The molecule has 0 N–H and O–H groups in total. The molecule has 0 aliphatic carbocycles. The van der Waals surface area contributed by atoms with Crippen molar-refractivity contribution in [3.8, 4) is 0 Å². The summed E-state index contributed by atoms with van der Waals surface area (Å²) in [6, 6.07) is 4.11. The van der Waals surface area contributed by atoms with Gasteiger partial charge in [0.05, 0.1) is 0 Å². The summed E-state index contributed by atoms with van der Waals surface area (Å²) in [6.45, 7) is 2.08. The molecule has 1 aromatic rings. The first-order valence-electron chi connectivity index (χ1n) is 2.43. The van der Waals surface area contributed by atoms with Crippen LogP contribution in [0, 0.1) is 6.92 Å². The predicted octanol–water partition coefficient (Wildman–Crippen LogP) is 1.48. The molecule has 0 aliphatic heterocycles. The molecule has 0 unspecified atom stereocenters. The Balaban J connectivity index is 3.08. The Morgan fingerprint density at radius 3 is 2.75 bits per heavy atom. The topological polar surface area (TPSA) is 3.88 Å². The highest BCUT2D eigenvalue weighted by molar-refractivity contribution is 14.1. The molecular weight excluding hydrogens is 213 g/mol. The van der Waals surface area contributed by atoms with Crippen LogP contribution >= 0.6 is 22.9 Å². The lowest BCUT2D eigenvalue weighted by molar-refractivity contribution is -0.440. The molecule has 0 amide bonds. The number of rotatable bonds is 0. The lowest BCUT2D eigenvalue weighted by atomic mass is 10.3. The van der Waals surface area contributed by atoms with Gasteiger partial charge in [-0.25, -0.2) is 0 Å². The lowest BCUT2D eigenvalue weighted by Crippen LogP contribution is -2.16. The van der Waals surface area contributed by atoms with Crippen LogP contribution in [0.4, 0.5) is 0 Å². The number of halogens is 1. The van der Waals surface area contributed by atoms with Crippen molar-refractivity contribution in [1.82, 2.24) is 0 Å². The van der Waals surface area contributed by atoms with Crippen molar-refractivity contribution in [3.63, 3.8) is 0 Å². The van der Waals surface area contributed by atoms with Crippen molar-refractivity contribution >= 4 is 22.9 Å². The van der Waals surface area contributed by atoms with E-state index in [1.54, 1.807) is 0 Å². The van der Waals surface area contributed by atoms with E-state index in [0.29, 0.717) is 0 Å². The SMILES string of the molecule is Cc1ccc[n+](I)c1. The summed E-state index contributed by atoms with van der Waals surface area (Å²) in [5.74, 6) is 0. The second kappa shape index (κ2) is 2.44. The van der Waals surface area contributed by atoms with Gasteiger partial charge in [-0.3, -0.25) is 0 Å². The molecule has 0 spiro atoms. The molecule has 1 rings (SSSR count). The smallest absolute Gasteiger partial charge is 0.143 e. The maximum Gasteiger partial charge on any atom is 0.353 e. The molecule has 0 bridgehead atoms. The van der Waals surface area contributed by atoms with Gasteiger partial charge in [-0.05, 0) is 13.0 Å². The molecule has 0 fully saturated rings. The van der Waals surface area contributed by atoms with Crippen LogP contribution in [-0.2, 0) is 0 Å². The number of aromatic nitrogens is 1. The maximum absolute atomic E-state index is 2.22. The molecule has 0 atom stereocenters. The van der Waals surface area contributed by atoms with Crippen LogP contribution < -0.4 is 2.78 Å². The Morgan fingerprint density at radius 2 is 2.38 bits per heavy atom. The standard InChI is InChI=1S/C6H7IN/c1-6-3-2-4-8(7)5-6/h2-5H,1H3/q+1. The highest BCUT2D eigenvalue weighted by Crippen LogP contribution is 1.89. The molecule has 0 saturated heterocycles. The molecule has 1 aromatic heterocycles. The zero-order valence-electron chi connectivity index (χ0n) is 4.63. The van der Waals surface area contributed by atoms with Crippen LogP contribution in [0.5, 0.6) is 0 Å². The Labute approximate surface area is 62.8 Å². The minimum atomic E-state index is 1.29. The van der Waals surface area contributed by atoms with Gasteiger partial charge in [0.2, 0.25) is 0 Å². The molecular formula is C6H7IN+. The van der Waals surface area contributed by atoms with E-state index in [9.17, 15) is 0 Å². The minimum absolute atomic E-state index is 1.29. The first-order chi connectivity index (χ1) is 3.79. The zero-order valence-corrected chi connectivity index (χ0v) is 6.79. The summed E-state index contributed by atoms with van der Waals surface area (Å²) in [5.41, 5.74) is 1.29. The molecule has 0 aromatic carbocycles. The van der Waals surface area contributed by atoms with Gasteiger partial charge in [0.1, 0.15) is 0 Å². The summed E-state index contributed by atoms with van der Waals surface area (Å²) in [7, 11) is 0. The molecule has 0 saturated carbocycles. The summed E-state index contributed by atoms with van der Waals surface area (Å²) >= 11 is 2.22. The number of nitrogens with zero attached hydrogens (tertiary/aromatic N) is 1. The van der Waals surface area contributed by atoms with E-state index in [1.807, 2.05) is 15.0 Å². The van der Waals surface area contributed by atoms with Gasteiger partial charge >= 0.3 is 22.9 Å². The summed E-state index contributed by atoms with van der Waals surface area (Å²) < 4.78 is 2.01. The molecule has 42 valence electrons. The monoisotopic (exact) mass is 220 g/mol. The third-order valence-corrected chi connectivity index (χ3v) is 1.51. The average Bonchev–Trinajstić information content (AvgIpc) is 1.64. The first kappa shape index (κ1) is 6.01. The lowest BCUT2D eigenvalue weighted by Gasteiger charge is -1.82. The van der Waals surface area contributed by atoms with Gasteiger partial charge in [-0.15, -0.1) is 2.78 Å².